The van der Waals surface area contributed by atoms with Crippen LogP contribution in [0, 0.1) is 70.7 Å². The SMILES string of the molecule is CC(O)(C#Cc1cc2c(-c3nc(N)ncc3F)cn(C3COC3)c2cn1)C1CC1.COCCCn1cc(-c2nc(N)ncc2F)c2cc(C#CC(C)(O)C3CC3)ncc21.COCCCn1cc(-c2nc(N)ncc2F)c2cc(C#CC(C)(O)C3CC3)ncc21. The van der Waals surface area contributed by atoms with Crippen molar-refractivity contribution in [2.75, 3.05) is 57.8 Å². The first kappa shape index (κ1) is 61.6. The van der Waals surface area contributed by atoms with Crippen molar-refractivity contribution in [3.05, 3.63) is 109 Å². The highest BCUT2D eigenvalue weighted by Gasteiger charge is 2.40. The Morgan fingerprint density at radius 1 is 0.517 bits per heavy atom. The van der Waals surface area contributed by atoms with Crippen LogP contribution in [0.3, 0.4) is 0 Å². The minimum atomic E-state index is -1.03. The van der Waals surface area contributed by atoms with E-state index in [-0.39, 0.29) is 58.7 Å². The molecule has 9 aromatic heterocycles. The van der Waals surface area contributed by atoms with Crippen LogP contribution in [-0.2, 0) is 27.3 Å². The molecule has 4 fully saturated rings. The number of aryl methyl sites for hydroxylation is 2. The molecule has 3 saturated carbocycles. The van der Waals surface area contributed by atoms with Crippen molar-refractivity contribution in [3.8, 4) is 69.3 Å². The Morgan fingerprint density at radius 3 is 1.18 bits per heavy atom. The highest BCUT2D eigenvalue weighted by atomic mass is 19.1. The second-order valence-corrected chi connectivity index (χ2v) is 23.4. The summed E-state index contributed by atoms with van der Waals surface area (Å²) in [5.74, 6) is 16.7. The van der Waals surface area contributed by atoms with Gasteiger partial charge < -0.3 is 60.4 Å². The standard InChI is InChI=1S/2C22H24FN5O2.C21H20FN5O2/c2*1-22(29,14-4-5-14)7-6-15-10-16-17(20-18(23)11-26-21(24)27-20)13-28(8-3-9-30-2)19(16)12-25-15;1-21(28,12-2-3-12)5-4-13-6-15-16(19-17(22)7-25-20(23)26-19)9-27(14-10-29-11-14)18(15)8-24-13/h2*10-14,29H,3-5,8-9H2,1-2H3,(H2,24,26,27);6-9,12,14,28H,2-3,10-11H2,1H3,(H2,23,25,26). The first-order chi connectivity index (χ1) is 42.7. The predicted octanol–water partition coefficient (Wildman–Crippen LogP) is 7.83. The number of methoxy groups -OCH3 is 2. The lowest BCUT2D eigenvalue weighted by Crippen LogP contribution is -2.30. The molecule has 1 aliphatic heterocycles. The van der Waals surface area contributed by atoms with Crippen LogP contribution in [0.15, 0.2) is 74.0 Å². The monoisotopic (exact) mass is 1210 g/mol. The molecule has 21 nitrogen and oxygen atoms in total. The maximum atomic E-state index is 14.5. The van der Waals surface area contributed by atoms with Gasteiger partial charge in [-0.15, -0.1) is 0 Å². The normalized spacial score (nSPS) is 16.6. The Labute approximate surface area is 511 Å². The zero-order valence-electron chi connectivity index (χ0n) is 49.9. The number of rotatable bonds is 15. The molecule has 460 valence electrons. The number of nitrogens with two attached hydrogens (primary N) is 3. The molecule has 3 atom stereocenters. The highest BCUT2D eigenvalue weighted by Crippen LogP contribution is 2.42. The van der Waals surface area contributed by atoms with Crippen molar-refractivity contribution in [2.45, 2.75) is 108 Å². The zero-order valence-corrected chi connectivity index (χ0v) is 49.9. The van der Waals surface area contributed by atoms with Crippen LogP contribution in [0.25, 0.3) is 66.5 Å². The molecular formula is C65H68F3N15O6. The van der Waals surface area contributed by atoms with Crippen molar-refractivity contribution in [1.29, 1.82) is 0 Å². The van der Waals surface area contributed by atoms with E-state index >= 15 is 0 Å². The molecule has 0 radical (unpaired) electrons. The Hall–Kier alpha value is -9.06. The quantitative estimate of drug-likeness (QED) is 0.0421. The number of pyridine rings is 3. The molecule has 10 heterocycles. The number of anilines is 3. The summed E-state index contributed by atoms with van der Waals surface area (Å²) in [5, 5.41) is 33.6. The van der Waals surface area contributed by atoms with E-state index in [1.165, 1.54) is 0 Å². The highest BCUT2D eigenvalue weighted by molar-refractivity contribution is 5.97. The Balaban J connectivity index is 0.000000138. The average molecular weight is 1210 g/mol. The van der Waals surface area contributed by atoms with Gasteiger partial charge in [0.05, 0.1) is 73.0 Å². The van der Waals surface area contributed by atoms with Gasteiger partial charge in [-0.3, -0.25) is 0 Å². The van der Waals surface area contributed by atoms with Crippen LogP contribution < -0.4 is 17.2 Å². The predicted molar refractivity (Wildman–Crippen MR) is 329 cm³/mol. The van der Waals surface area contributed by atoms with E-state index in [2.05, 4.69) is 80.4 Å². The average Bonchev–Trinajstić information content (AvgIpc) is 1.79. The fourth-order valence-corrected chi connectivity index (χ4v) is 10.6. The topological polar surface area (TPSA) is 297 Å². The summed E-state index contributed by atoms with van der Waals surface area (Å²) >= 11 is 0. The summed E-state index contributed by atoms with van der Waals surface area (Å²) in [4.78, 5) is 36.8. The summed E-state index contributed by atoms with van der Waals surface area (Å²) in [6, 6.07) is 5.55. The Kier molecular flexibility index (Phi) is 17.7. The lowest BCUT2D eigenvalue weighted by molar-refractivity contribution is -0.0213. The zero-order chi connectivity index (χ0) is 62.8. The van der Waals surface area contributed by atoms with Gasteiger partial charge in [-0.1, -0.05) is 17.8 Å². The summed E-state index contributed by atoms with van der Waals surface area (Å²) in [6.45, 7) is 8.93. The van der Waals surface area contributed by atoms with E-state index in [4.69, 9.17) is 31.4 Å². The van der Waals surface area contributed by atoms with Crippen LogP contribution in [-0.4, -0.2) is 131 Å². The molecule has 3 aliphatic carbocycles. The summed E-state index contributed by atoms with van der Waals surface area (Å²) in [5.41, 5.74) is 20.2. The molecule has 4 aliphatic rings. The minimum Gasteiger partial charge on any atom is -0.385 e. The van der Waals surface area contributed by atoms with E-state index in [1.54, 1.807) is 71.8 Å². The number of hydrogen-bond donors (Lipinski definition) is 6. The van der Waals surface area contributed by atoms with Gasteiger partial charge >= 0.3 is 0 Å². The molecule has 89 heavy (non-hydrogen) atoms. The van der Waals surface area contributed by atoms with Gasteiger partial charge in [0.15, 0.2) is 17.5 Å². The van der Waals surface area contributed by atoms with Crippen molar-refractivity contribution in [2.24, 2.45) is 17.8 Å². The third kappa shape index (κ3) is 14.1. The van der Waals surface area contributed by atoms with Gasteiger partial charge in [0.25, 0.3) is 0 Å². The van der Waals surface area contributed by atoms with Crippen LogP contribution in [0.5, 0.6) is 0 Å². The molecule has 0 bridgehead atoms. The fraction of sp³-hybridized carbons (Fsp3) is 0.400. The fourth-order valence-electron chi connectivity index (χ4n) is 10.6. The number of aromatic nitrogens is 12. The Morgan fingerprint density at radius 2 is 0.854 bits per heavy atom. The lowest BCUT2D eigenvalue weighted by Gasteiger charge is -2.28. The second-order valence-electron chi connectivity index (χ2n) is 23.4. The van der Waals surface area contributed by atoms with E-state index in [0.29, 0.717) is 73.3 Å². The van der Waals surface area contributed by atoms with Crippen molar-refractivity contribution in [1.82, 2.24) is 58.6 Å². The summed E-state index contributed by atoms with van der Waals surface area (Å²) < 4.78 is 65.1. The molecule has 9 aromatic rings. The number of hydrogen-bond acceptors (Lipinski definition) is 18. The molecule has 0 aromatic carbocycles. The van der Waals surface area contributed by atoms with E-state index in [9.17, 15) is 28.5 Å². The second kappa shape index (κ2) is 25.6. The number of aliphatic hydroxyl groups is 3. The van der Waals surface area contributed by atoms with Gasteiger partial charge in [-0.05, 0) is 126 Å². The van der Waals surface area contributed by atoms with Crippen LogP contribution >= 0.6 is 0 Å². The largest absolute Gasteiger partial charge is 0.385 e. The molecule has 9 N–H and O–H groups in total. The summed E-state index contributed by atoms with van der Waals surface area (Å²) in [7, 11) is 3.31. The first-order valence-corrected chi connectivity index (χ1v) is 29.4. The molecule has 3 unspecified atom stereocenters. The maximum absolute atomic E-state index is 14.5. The van der Waals surface area contributed by atoms with Gasteiger partial charge in [0.1, 0.15) is 51.0 Å². The van der Waals surface area contributed by atoms with E-state index in [0.717, 1.165) is 103 Å². The molecule has 1 saturated heterocycles. The first-order valence-electron chi connectivity index (χ1n) is 29.4. The van der Waals surface area contributed by atoms with Crippen LogP contribution in [0.1, 0.15) is 95.3 Å². The molecule has 24 heteroatoms. The molecular weight excluding hydrogens is 1140 g/mol. The van der Waals surface area contributed by atoms with Gasteiger partial charge in [-0.2, -0.15) is 0 Å². The van der Waals surface area contributed by atoms with Gasteiger partial charge in [-0.25, -0.2) is 58.0 Å². The smallest absolute Gasteiger partial charge is 0.220 e. The van der Waals surface area contributed by atoms with E-state index < -0.39 is 34.3 Å². The maximum Gasteiger partial charge on any atom is 0.220 e. The molecule has 13 rings (SSSR count). The van der Waals surface area contributed by atoms with Crippen molar-refractivity contribution in [3.63, 3.8) is 0 Å². The third-order valence-electron chi connectivity index (χ3n) is 16.3. The van der Waals surface area contributed by atoms with Gasteiger partial charge in [0, 0.05) is 92.0 Å². The summed E-state index contributed by atoms with van der Waals surface area (Å²) in [6.07, 6.45) is 21.4. The number of fused-ring (bicyclic) bond motifs is 3. The molecule has 0 spiro atoms. The van der Waals surface area contributed by atoms with Crippen molar-refractivity contribution >= 4 is 50.6 Å². The van der Waals surface area contributed by atoms with Gasteiger partial charge in [0.2, 0.25) is 17.8 Å². The van der Waals surface area contributed by atoms with Crippen molar-refractivity contribution < 1.29 is 42.7 Å². The number of nitrogens with zero attached hydrogens (tertiary/aromatic N) is 12. The number of ether oxygens (including phenoxy) is 3. The minimum absolute atomic E-state index is 0.00114. The van der Waals surface area contributed by atoms with Crippen LogP contribution in [0.4, 0.5) is 31.0 Å². The number of halogens is 3. The lowest BCUT2D eigenvalue weighted by atomic mass is 10.0. The number of nitrogen functional groups attached to an aromatic ring is 3. The van der Waals surface area contributed by atoms with Crippen LogP contribution in [0.2, 0.25) is 0 Å². The third-order valence-corrected chi connectivity index (χ3v) is 16.3. The Bertz CT molecular complexity index is 4140. The molecule has 0 amide bonds. The van der Waals surface area contributed by atoms with E-state index in [1.807, 2.05) is 32.3 Å².